The maximum absolute atomic E-state index is 12.9. The molecule has 2 N–H and O–H groups in total. The summed E-state index contributed by atoms with van der Waals surface area (Å²) in [6.45, 7) is 3.80. The highest BCUT2D eigenvalue weighted by Gasteiger charge is 2.21. The quantitative estimate of drug-likeness (QED) is 0.310. The van der Waals surface area contributed by atoms with Gasteiger partial charge in [0.25, 0.3) is 0 Å². The number of ether oxygens (including phenoxy) is 1. The molecule has 1 unspecified atom stereocenters. The summed E-state index contributed by atoms with van der Waals surface area (Å²) in [5.41, 5.74) is 1.59. The van der Waals surface area contributed by atoms with Crippen LogP contribution in [0.2, 0.25) is 0 Å². The summed E-state index contributed by atoms with van der Waals surface area (Å²) >= 11 is 6.87. The number of thiophene rings is 1. The number of benzene rings is 1. The number of esters is 1. The van der Waals surface area contributed by atoms with Crippen LogP contribution in [-0.4, -0.2) is 43.0 Å². The number of carbonyl (C=O) groups is 2. The van der Waals surface area contributed by atoms with Gasteiger partial charge in [-0.05, 0) is 67.8 Å². The van der Waals surface area contributed by atoms with E-state index < -0.39 is 12.0 Å². The molecule has 4 aromatic rings. The van der Waals surface area contributed by atoms with Gasteiger partial charge in [-0.3, -0.25) is 14.5 Å². The van der Waals surface area contributed by atoms with Crippen molar-refractivity contribution in [3.05, 3.63) is 64.5 Å². The van der Waals surface area contributed by atoms with Gasteiger partial charge >= 0.3 is 5.97 Å². The van der Waals surface area contributed by atoms with E-state index in [1.165, 1.54) is 11.3 Å². The van der Waals surface area contributed by atoms with Crippen molar-refractivity contribution in [3.63, 3.8) is 0 Å². The largest absolute Gasteiger partial charge is 0.461 e. The molecule has 1 atom stereocenters. The zero-order valence-electron chi connectivity index (χ0n) is 17.3. The van der Waals surface area contributed by atoms with Gasteiger partial charge in [0.1, 0.15) is 6.04 Å². The molecule has 0 aliphatic carbocycles. The number of nitrogens with one attached hydrogen (secondary N) is 2. The molecular weight excluding hydrogens is 448 g/mol. The molecule has 164 valence electrons. The molecule has 0 aliphatic heterocycles. The van der Waals surface area contributed by atoms with E-state index in [-0.39, 0.29) is 18.2 Å². The lowest BCUT2D eigenvalue weighted by molar-refractivity contribution is -0.118. The van der Waals surface area contributed by atoms with Gasteiger partial charge in [-0.15, -0.1) is 11.3 Å². The molecule has 0 saturated heterocycles. The normalized spacial score (nSPS) is 11.8. The summed E-state index contributed by atoms with van der Waals surface area (Å²) in [5, 5.41) is 16.1. The molecule has 0 spiro atoms. The molecule has 0 aliphatic rings. The Labute approximate surface area is 192 Å². The van der Waals surface area contributed by atoms with E-state index in [0.29, 0.717) is 16.3 Å². The number of rotatable bonds is 7. The summed E-state index contributed by atoms with van der Waals surface area (Å²) < 4.78 is 8.60. The Bertz CT molecular complexity index is 1290. The van der Waals surface area contributed by atoms with Crippen molar-refractivity contribution >= 4 is 41.1 Å². The van der Waals surface area contributed by atoms with Crippen molar-refractivity contribution in [3.8, 4) is 16.4 Å². The van der Waals surface area contributed by atoms with Gasteiger partial charge in [-0.2, -0.15) is 10.2 Å². The van der Waals surface area contributed by atoms with E-state index in [1.807, 2.05) is 17.5 Å². The topological polar surface area (TPSA) is 107 Å². The van der Waals surface area contributed by atoms with E-state index >= 15 is 0 Å². The first-order valence-corrected chi connectivity index (χ1v) is 11.1. The van der Waals surface area contributed by atoms with Crippen LogP contribution in [0, 0.1) is 4.77 Å². The first-order valence-electron chi connectivity index (χ1n) is 9.82. The lowest BCUT2D eigenvalue weighted by Gasteiger charge is -2.15. The van der Waals surface area contributed by atoms with Crippen molar-refractivity contribution in [2.24, 2.45) is 0 Å². The number of carbonyl (C=O) groups excluding carboxylic acids is 2. The van der Waals surface area contributed by atoms with Crippen LogP contribution in [0.3, 0.4) is 0 Å². The summed E-state index contributed by atoms with van der Waals surface area (Å²) in [4.78, 5) is 25.6. The third kappa shape index (κ3) is 4.39. The second-order valence-corrected chi connectivity index (χ2v) is 8.11. The van der Waals surface area contributed by atoms with Crippen LogP contribution in [0.4, 0.5) is 5.69 Å². The molecule has 3 aromatic heterocycles. The molecule has 0 bridgehead atoms. The van der Waals surface area contributed by atoms with E-state index in [1.54, 1.807) is 59.6 Å². The molecule has 1 aromatic carbocycles. The highest BCUT2D eigenvalue weighted by molar-refractivity contribution is 7.71. The fourth-order valence-electron chi connectivity index (χ4n) is 3.09. The van der Waals surface area contributed by atoms with Crippen LogP contribution in [0.25, 0.3) is 16.4 Å². The maximum Gasteiger partial charge on any atom is 0.358 e. The van der Waals surface area contributed by atoms with Crippen molar-refractivity contribution in [1.82, 2.24) is 24.5 Å². The van der Waals surface area contributed by atoms with Gasteiger partial charge in [-0.1, -0.05) is 6.07 Å². The number of hydrogen-bond acceptors (Lipinski definition) is 7. The lowest BCUT2D eigenvalue weighted by atomic mass is 10.2. The third-order valence-electron chi connectivity index (χ3n) is 4.69. The fraction of sp³-hybridized carbons (Fsp3) is 0.190. The van der Waals surface area contributed by atoms with Gasteiger partial charge in [-0.25, -0.2) is 9.48 Å². The Morgan fingerprint density at radius 1 is 1.25 bits per heavy atom. The molecule has 3 heterocycles. The Morgan fingerprint density at radius 3 is 2.72 bits per heavy atom. The number of nitrogens with zero attached hydrogens (tertiary/aromatic N) is 4. The highest BCUT2D eigenvalue weighted by Crippen LogP contribution is 2.26. The van der Waals surface area contributed by atoms with E-state index in [2.05, 4.69) is 20.6 Å². The van der Waals surface area contributed by atoms with E-state index in [9.17, 15) is 9.59 Å². The van der Waals surface area contributed by atoms with Crippen LogP contribution in [0.1, 0.15) is 30.4 Å². The van der Waals surface area contributed by atoms with Crippen molar-refractivity contribution in [2.45, 2.75) is 19.9 Å². The Kier molecular flexibility index (Phi) is 6.28. The lowest BCUT2D eigenvalue weighted by Crippen LogP contribution is -2.24. The monoisotopic (exact) mass is 468 g/mol. The van der Waals surface area contributed by atoms with E-state index in [4.69, 9.17) is 17.0 Å². The predicted molar refractivity (Wildman–Crippen MR) is 124 cm³/mol. The highest BCUT2D eigenvalue weighted by atomic mass is 32.1. The van der Waals surface area contributed by atoms with E-state index in [0.717, 1.165) is 10.6 Å². The predicted octanol–water partition coefficient (Wildman–Crippen LogP) is 4.23. The average Bonchev–Trinajstić information content (AvgIpc) is 3.54. The first-order chi connectivity index (χ1) is 15.5. The Hall–Kier alpha value is -3.57. The minimum Gasteiger partial charge on any atom is -0.461 e. The van der Waals surface area contributed by atoms with Crippen LogP contribution in [0.5, 0.6) is 0 Å². The fourth-order valence-corrected chi connectivity index (χ4v) is 4.09. The van der Waals surface area contributed by atoms with Gasteiger partial charge in [0.2, 0.25) is 5.91 Å². The van der Waals surface area contributed by atoms with Crippen LogP contribution in [-0.2, 0) is 9.53 Å². The zero-order valence-corrected chi connectivity index (χ0v) is 18.9. The number of anilines is 1. The molecular formula is C21H20N6O3S2. The SMILES string of the molecule is CCOC(=O)c1ccn(-c2ccc(NC(=O)C(C)n3c(-c4cccs4)n[nH]c3=S)cc2)n1. The van der Waals surface area contributed by atoms with Crippen LogP contribution < -0.4 is 5.32 Å². The zero-order chi connectivity index (χ0) is 22.7. The number of aromatic nitrogens is 5. The number of aromatic amines is 1. The van der Waals surface area contributed by atoms with Crippen molar-refractivity contribution in [1.29, 1.82) is 0 Å². The van der Waals surface area contributed by atoms with Gasteiger partial charge in [0.05, 0.1) is 17.2 Å². The second kappa shape index (κ2) is 9.28. The molecule has 1 amide bonds. The summed E-state index contributed by atoms with van der Waals surface area (Å²) in [6.07, 6.45) is 1.68. The summed E-state index contributed by atoms with van der Waals surface area (Å²) in [5.74, 6) is -0.0697. The average molecular weight is 469 g/mol. The molecule has 11 heteroatoms. The molecule has 0 saturated carbocycles. The minimum atomic E-state index is -0.573. The van der Waals surface area contributed by atoms with Gasteiger partial charge in [0, 0.05) is 11.9 Å². The molecule has 4 rings (SSSR count). The molecule has 32 heavy (non-hydrogen) atoms. The minimum absolute atomic E-state index is 0.225. The third-order valence-corrected chi connectivity index (χ3v) is 5.84. The van der Waals surface area contributed by atoms with Crippen LogP contribution >= 0.6 is 23.6 Å². The maximum atomic E-state index is 12.9. The van der Waals surface area contributed by atoms with Crippen LogP contribution in [0.15, 0.2) is 54.0 Å². The molecule has 9 nitrogen and oxygen atoms in total. The standard InChI is InChI=1S/C21H20N6O3S2/c1-3-30-20(29)16-10-11-26(25-16)15-8-6-14(7-9-15)22-19(28)13(2)27-18(23-24-21(27)31)17-5-4-12-32-17/h4-13H,3H2,1-2H3,(H,22,28)(H,24,31). The van der Waals surface area contributed by atoms with Gasteiger partial charge < -0.3 is 10.1 Å². The number of H-pyrrole nitrogens is 1. The Balaban J connectivity index is 1.48. The van der Waals surface area contributed by atoms with Crippen molar-refractivity contribution < 1.29 is 14.3 Å². The Morgan fingerprint density at radius 2 is 2.03 bits per heavy atom. The summed E-state index contributed by atoms with van der Waals surface area (Å²) in [6, 6.07) is 12.0. The first kappa shape index (κ1) is 21.7. The summed E-state index contributed by atoms with van der Waals surface area (Å²) in [7, 11) is 0. The number of amides is 1. The second-order valence-electron chi connectivity index (χ2n) is 6.78. The molecule has 0 fully saturated rings. The van der Waals surface area contributed by atoms with Gasteiger partial charge in [0.15, 0.2) is 16.3 Å². The number of hydrogen-bond donors (Lipinski definition) is 2. The van der Waals surface area contributed by atoms with Crippen molar-refractivity contribution in [2.75, 3.05) is 11.9 Å². The smallest absolute Gasteiger partial charge is 0.358 e. The molecule has 0 radical (unpaired) electrons.